The van der Waals surface area contributed by atoms with Crippen molar-refractivity contribution in [2.45, 2.75) is 74.9 Å². The van der Waals surface area contributed by atoms with Crippen LogP contribution in [0, 0.1) is 5.92 Å². The number of phenolic OH excluding ortho intramolecular Hbond substituents is 2. The van der Waals surface area contributed by atoms with Crippen LogP contribution < -0.4 is 0 Å². The van der Waals surface area contributed by atoms with E-state index in [1.165, 1.54) is 12.1 Å². The third-order valence-electron chi connectivity index (χ3n) is 6.13. The molecule has 10 unspecified atom stereocenters. The number of ether oxygens (including phenoxy) is 3. The molecule has 1 saturated carbocycles. The van der Waals surface area contributed by atoms with Crippen LogP contribution in [0.3, 0.4) is 0 Å². The third kappa shape index (κ3) is 5.33. The summed E-state index contributed by atoms with van der Waals surface area (Å²) in [6.07, 6.45) is -11.1. The Morgan fingerprint density at radius 2 is 1.66 bits per heavy atom. The van der Waals surface area contributed by atoms with Gasteiger partial charge in [-0.2, -0.15) is 0 Å². The monoisotopic (exact) mass is 460 g/mol. The molecule has 0 radical (unpaired) electrons. The summed E-state index contributed by atoms with van der Waals surface area (Å²) in [7, 11) is 0. The number of benzene rings is 1. The minimum Gasteiger partial charge on any atom is -0.504 e. The van der Waals surface area contributed by atoms with Gasteiger partial charge in [-0.25, -0.2) is 0 Å². The maximum absolute atomic E-state index is 10.7. The van der Waals surface area contributed by atoms with E-state index < -0.39 is 67.6 Å². The van der Waals surface area contributed by atoms with Crippen molar-refractivity contribution >= 4 is 0 Å². The lowest BCUT2D eigenvalue weighted by atomic mass is 9.81. The van der Waals surface area contributed by atoms with E-state index in [1.54, 1.807) is 13.0 Å². The molecule has 1 aliphatic heterocycles. The molecule has 10 atom stereocenters. The van der Waals surface area contributed by atoms with Gasteiger partial charge in [-0.3, -0.25) is 0 Å². The van der Waals surface area contributed by atoms with Crippen LogP contribution in [-0.4, -0.2) is 109 Å². The molecule has 182 valence electrons. The maximum atomic E-state index is 10.7. The quantitative estimate of drug-likeness (QED) is 0.210. The largest absolute Gasteiger partial charge is 0.504 e. The van der Waals surface area contributed by atoms with E-state index >= 15 is 0 Å². The Morgan fingerprint density at radius 1 is 0.938 bits per heavy atom. The van der Waals surface area contributed by atoms with Crippen molar-refractivity contribution in [3.63, 3.8) is 0 Å². The standard InChI is InChI=1S/C21H32O11/c1-9-6-13(16(26)18(28)15(9)25)31-20-17(27)14(8-22)32-21(19(20)29)30-5-4-10-2-3-11(23)12(24)7-10/h2-3,7,9,13-29H,4-6,8H2,1H3. The Kier molecular flexibility index (Phi) is 8.31. The molecule has 0 bridgehead atoms. The van der Waals surface area contributed by atoms with Crippen molar-refractivity contribution in [1.29, 1.82) is 0 Å². The zero-order valence-corrected chi connectivity index (χ0v) is 17.6. The Labute approximate surface area is 185 Å². The molecule has 0 spiro atoms. The fourth-order valence-corrected chi connectivity index (χ4v) is 4.11. The van der Waals surface area contributed by atoms with Gasteiger partial charge in [0.15, 0.2) is 17.8 Å². The van der Waals surface area contributed by atoms with Gasteiger partial charge in [-0.1, -0.05) is 13.0 Å². The molecule has 2 fully saturated rings. The van der Waals surface area contributed by atoms with Gasteiger partial charge in [0.2, 0.25) is 0 Å². The molecule has 3 rings (SSSR count). The lowest BCUT2D eigenvalue weighted by molar-refractivity contribution is -0.320. The van der Waals surface area contributed by atoms with Crippen LogP contribution in [0.2, 0.25) is 0 Å². The van der Waals surface area contributed by atoms with E-state index in [-0.39, 0.29) is 24.5 Å². The Hall–Kier alpha value is -1.54. The van der Waals surface area contributed by atoms with Crippen LogP contribution in [0.15, 0.2) is 18.2 Å². The van der Waals surface area contributed by atoms with E-state index in [4.69, 9.17) is 14.2 Å². The number of aliphatic hydroxyl groups is 6. The van der Waals surface area contributed by atoms with Crippen molar-refractivity contribution in [1.82, 2.24) is 0 Å². The number of phenols is 2. The SMILES string of the molecule is CC1CC(OC2C(O)C(CO)OC(OCCc3ccc(O)c(O)c3)C2O)C(O)C(O)C1O. The minimum atomic E-state index is -1.48. The predicted octanol–water partition coefficient (Wildman–Crippen LogP) is -2.03. The molecule has 1 aromatic carbocycles. The third-order valence-corrected chi connectivity index (χ3v) is 6.13. The van der Waals surface area contributed by atoms with E-state index in [0.29, 0.717) is 12.0 Å². The molecule has 1 aromatic rings. The molecule has 2 aliphatic rings. The van der Waals surface area contributed by atoms with Crippen molar-refractivity contribution in [3.05, 3.63) is 23.8 Å². The van der Waals surface area contributed by atoms with Crippen LogP contribution in [-0.2, 0) is 20.6 Å². The van der Waals surface area contributed by atoms with E-state index in [0.717, 1.165) is 0 Å². The first-order valence-corrected chi connectivity index (χ1v) is 10.6. The van der Waals surface area contributed by atoms with Gasteiger partial charge in [0, 0.05) is 0 Å². The number of aliphatic hydroxyl groups excluding tert-OH is 6. The highest BCUT2D eigenvalue weighted by molar-refractivity contribution is 5.40. The second kappa shape index (κ2) is 10.6. The molecular weight excluding hydrogens is 428 g/mol. The average molecular weight is 460 g/mol. The number of hydrogen-bond donors (Lipinski definition) is 8. The second-order valence-corrected chi connectivity index (χ2v) is 8.47. The maximum Gasteiger partial charge on any atom is 0.186 e. The molecule has 8 N–H and O–H groups in total. The van der Waals surface area contributed by atoms with Crippen LogP contribution in [0.25, 0.3) is 0 Å². The molecule has 11 heteroatoms. The second-order valence-electron chi connectivity index (χ2n) is 8.47. The highest BCUT2D eigenvalue weighted by Crippen LogP contribution is 2.32. The van der Waals surface area contributed by atoms with Gasteiger partial charge in [0.25, 0.3) is 0 Å². The van der Waals surface area contributed by atoms with Gasteiger partial charge < -0.3 is 55.1 Å². The zero-order valence-electron chi connectivity index (χ0n) is 17.6. The lowest BCUT2D eigenvalue weighted by Gasteiger charge is -2.46. The van der Waals surface area contributed by atoms with E-state index in [9.17, 15) is 40.9 Å². The van der Waals surface area contributed by atoms with Gasteiger partial charge >= 0.3 is 0 Å². The zero-order chi connectivity index (χ0) is 23.6. The van der Waals surface area contributed by atoms with Crippen molar-refractivity contribution < 1.29 is 55.1 Å². The van der Waals surface area contributed by atoms with Gasteiger partial charge in [0.1, 0.15) is 36.6 Å². The molecular formula is C21H32O11. The number of aromatic hydroxyl groups is 2. The number of rotatable bonds is 7. The van der Waals surface area contributed by atoms with Crippen molar-refractivity contribution in [3.8, 4) is 11.5 Å². The molecule has 1 heterocycles. The highest BCUT2D eigenvalue weighted by Gasteiger charge is 2.49. The van der Waals surface area contributed by atoms with Crippen LogP contribution in [0.1, 0.15) is 18.9 Å². The summed E-state index contributed by atoms with van der Waals surface area (Å²) < 4.78 is 16.8. The molecule has 11 nitrogen and oxygen atoms in total. The average Bonchev–Trinajstić information content (AvgIpc) is 2.77. The molecule has 1 saturated heterocycles. The summed E-state index contributed by atoms with van der Waals surface area (Å²) >= 11 is 0. The summed E-state index contributed by atoms with van der Waals surface area (Å²) in [4.78, 5) is 0. The summed E-state index contributed by atoms with van der Waals surface area (Å²) in [6, 6.07) is 4.29. The van der Waals surface area contributed by atoms with Crippen LogP contribution in [0.5, 0.6) is 11.5 Å². The highest BCUT2D eigenvalue weighted by atomic mass is 16.7. The topological polar surface area (TPSA) is 190 Å². The summed E-state index contributed by atoms with van der Waals surface area (Å²) in [6.45, 7) is 1.14. The van der Waals surface area contributed by atoms with Crippen molar-refractivity contribution in [2.24, 2.45) is 5.92 Å². The molecule has 32 heavy (non-hydrogen) atoms. The first-order chi connectivity index (χ1) is 15.1. The number of hydrogen-bond acceptors (Lipinski definition) is 11. The molecule has 0 aromatic heterocycles. The predicted molar refractivity (Wildman–Crippen MR) is 108 cm³/mol. The van der Waals surface area contributed by atoms with Gasteiger partial charge in [-0.05, 0) is 36.5 Å². The van der Waals surface area contributed by atoms with E-state index in [2.05, 4.69) is 0 Å². The summed E-state index contributed by atoms with van der Waals surface area (Å²) in [5, 5.41) is 80.0. The Balaban J connectivity index is 1.64. The van der Waals surface area contributed by atoms with E-state index in [1.807, 2.05) is 0 Å². The smallest absolute Gasteiger partial charge is 0.186 e. The molecule has 0 amide bonds. The van der Waals surface area contributed by atoms with Gasteiger partial charge in [0.05, 0.1) is 25.4 Å². The van der Waals surface area contributed by atoms with Crippen molar-refractivity contribution in [2.75, 3.05) is 13.2 Å². The minimum absolute atomic E-state index is 0.0426. The fourth-order valence-electron chi connectivity index (χ4n) is 4.11. The fraction of sp³-hybridized carbons (Fsp3) is 0.714. The van der Waals surface area contributed by atoms with Gasteiger partial charge in [-0.15, -0.1) is 0 Å². The Bertz CT molecular complexity index is 746. The lowest BCUT2D eigenvalue weighted by Crippen LogP contribution is -2.63. The first-order valence-electron chi connectivity index (χ1n) is 10.6. The normalized spacial score (nSPS) is 40.3. The summed E-state index contributed by atoms with van der Waals surface area (Å²) in [5.74, 6) is -0.923. The summed E-state index contributed by atoms with van der Waals surface area (Å²) in [5.41, 5.74) is 0.656. The first kappa shape index (κ1) is 25.1. The van der Waals surface area contributed by atoms with Crippen LogP contribution in [0.4, 0.5) is 0 Å². The molecule has 1 aliphatic carbocycles. The van der Waals surface area contributed by atoms with Crippen LogP contribution >= 0.6 is 0 Å². The Morgan fingerprint density at radius 3 is 2.31 bits per heavy atom.